The lowest BCUT2D eigenvalue weighted by atomic mass is 10.3. The molecule has 1 heterocycles. The fourth-order valence-electron chi connectivity index (χ4n) is 1.18. The molecule has 0 unspecified atom stereocenters. The first-order chi connectivity index (χ1) is 7.19. The average Bonchev–Trinajstić information content (AvgIpc) is 2.57. The Morgan fingerprint density at radius 2 is 2.33 bits per heavy atom. The number of unbranched alkanes of at least 4 members (excludes halogenated alkanes) is 1. The van der Waals surface area contributed by atoms with Gasteiger partial charge in [0.25, 0.3) is 0 Å². The highest BCUT2D eigenvalue weighted by Gasteiger charge is 2.15. The molecule has 84 valence electrons. The Balaban J connectivity index is 2.72. The maximum absolute atomic E-state index is 11.4. The van der Waals surface area contributed by atoms with Crippen LogP contribution in [0.1, 0.15) is 37.0 Å². The van der Waals surface area contributed by atoms with Crippen molar-refractivity contribution in [3.63, 3.8) is 0 Å². The molecule has 0 bridgehead atoms. The van der Waals surface area contributed by atoms with Gasteiger partial charge in [-0.1, -0.05) is 13.3 Å². The predicted octanol–water partition coefficient (Wildman–Crippen LogP) is 2.62. The van der Waals surface area contributed by atoms with Crippen molar-refractivity contribution in [2.75, 3.05) is 6.61 Å². The Hall–Kier alpha value is -0.840. The molecule has 15 heavy (non-hydrogen) atoms. The molecule has 0 fully saturated rings. The molecule has 0 atom stereocenters. The van der Waals surface area contributed by atoms with Gasteiger partial charge in [0, 0.05) is 12.7 Å². The van der Waals surface area contributed by atoms with Crippen LogP contribution >= 0.6 is 15.9 Å². The van der Waals surface area contributed by atoms with E-state index in [1.165, 1.54) is 0 Å². The number of hydrogen-bond donors (Lipinski definition) is 0. The summed E-state index contributed by atoms with van der Waals surface area (Å²) in [6.45, 7) is 5.11. The highest BCUT2D eigenvalue weighted by molar-refractivity contribution is 9.10. The zero-order chi connectivity index (χ0) is 11.3. The molecule has 0 N–H and O–H groups in total. The molecule has 0 amide bonds. The van der Waals surface area contributed by atoms with Gasteiger partial charge in [0.05, 0.1) is 6.61 Å². The molecule has 1 aromatic heterocycles. The molecule has 5 heteroatoms. The molecule has 0 aliphatic rings. The molecule has 0 saturated heterocycles. The van der Waals surface area contributed by atoms with Gasteiger partial charge in [-0.3, -0.25) is 4.68 Å². The van der Waals surface area contributed by atoms with E-state index in [1.807, 2.05) is 0 Å². The molecule has 0 radical (unpaired) electrons. The summed E-state index contributed by atoms with van der Waals surface area (Å²) in [7, 11) is 0. The molecular formula is C10H15BrN2O2. The summed E-state index contributed by atoms with van der Waals surface area (Å²) in [5.74, 6) is -0.327. The van der Waals surface area contributed by atoms with Crippen LogP contribution in [0.4, 0.5) is 0 Å². The first kappa shape index (κ1) is 12.2. The molecular weight excluding hydrogens is 260 g/mol. The van der Waals surface area contributed by atoms with E-state index in [-0.39, 0.29) is 5.97 Å². The minimum atomic E-state index is -0.327. The van der Waals surface area contributed by atoms with Crippen molar-refractivity contribution < 1.29 is 9.53 Å². The number of ether oxygens (including phenoxy) is 1. The van der Waals surface area contributed by atoms with Crippen molar-refractivity contribution in [1.29, 1.82) is 0 Å². The average molecular weight is 275 g/mol. The van der Waals surface area contributed by atoms with Crippen molar-refractivity contribution in [1.82, 2.24) is 9.78 Å². The van der Waals surface area contributed by atoms with Crippen LogP contribution in [-0.2, 0) is 11.3 Å². The van der Waals surface area contributed by atoms with Crippen molar-refractivity contribution in [3.8, 4) is 0 Å². The molecule has 0 spiro atoms. The van der Waals surface area contributed by atoms with E-state index < -0.39 is 0 Å². The Bertz CT molecular complexity index is 336. The van der Waals surface area contributed by atoms with E-state index in [0.717, 1.165) is 19.4 Å². The molecule has 1 aromatic rings. The molecule has 0 aromatic carbocycles. The minimum absolute atomic E-state index is 0.327. The molecule has 0 aliphatic heterocycles. The smallest absolute Gasteiger partial charge is 0.342 e. The van der Waals surface area contributed by atoms with E-state index in [4.69, 9.17) is 4.74 Å². The Kier molecular flexibility index (Phi) is 4.81. The fourth-order valence-corrected chi connectivity index (χ4v) is 1.65. The summed E-state index contributed by atoms with van der Waals surface area (Å²) in [5.41, 5.74) is 0.493. The van der Waals surface area contributed by atoms with E-state index >= 15 is 0 Å². The van der Waals surface area contributed by atoms with Crippen LogP contribution < -0.4 is 0 Å². The van der Waals surface area contributed by atoms with Crippen molar-refractivity contribution in [2.24, 2.45) is 0 Å². The van der Waals surface area contributed by atoms with Gasteiger partial charge in [-0.15, -0.1) is 0 Å². The third-order valence-electron chi connectivity index (χ3n) is 1.95. The van der Waals surface area contributed by atoms with Gasteiger partial charge in [0.15, 0.2) is 0 Å². The number of halogens is 1. The summed E-state index contributed by atoms with van der Waals surface area (Å²) in [5, 5.41) is 4.18. The first-order valence-electron chi connectivity index (χ1n) is 5.09. The van der Waals surface area contributed by atoms with Gasteiger partial charge in [-0.2, -0.15) is 5.10 Å². The second-order valence-electron chi connectivity index (χ2n) is 3.17. The quantitative estimate of drug-likeness (QED) is 0.776. The van der Waals surface area contributed by atoms with Gasteiger partial charge in [0.1, 0.15) is 10.2 Å². The number of carbonyl (C=O) groups is 1. The minimum Gasteiger partial charge on any atom is -0.462 e. The van der Waals surface area contributed by atoms with Crippen LogP contribution in [0, 0.1) is 0 Å². The van der Waals surface area contributed by atoms with Crippen LogP contribution in [0.2, 0.25) is 0 Å². The highest BCUT2D eigenvalue weighted by Crippen LogP contribution is 2.15. The number of esters is 1. The SMILES string of the molecule is CCCCn1cc(C(=O)OCC)c(Br)n1. The number of carbonyl (C=O) groups excluding carboxylic acids is 1. The summed E-state index contributed by atoms with van der Waals surface area (Å²) in [4.78, 5) is 11.4. The largest absolute Gasteiger partial charge is 0.462 e. The topological polar surface area (TPSA) is 44.1 Å². The number of nitrogens with zero attached hydrogens (tertiary/aromatic N) is 2. The standard InChI is InChI=1S/C10H15BrN2O2/c1-3-5-6-13-7-8(9(11)12-13)10(14)15-4-2/h7H,3-6H2,1-2H3. The van der Waals surface area contributed by atoms with Crippen molar-refractivity contribution in [2.45, 2.75) is 33.2 Å². The molecule has 0 saturated carbocycles. The van der Waals surface area contributed by atoms with Crippen molar-refractivity contribution in [3.05, 3.63) is 16.4 Å². The van der Waals surface area contributed by atoms with Gasteiger partial charge in [-0.05, 0) is 29.3 Å². The third-order valence-corrected chi connectivity index (χ3v) is 2.54. The van der Waals surface area contributed by atoms with Gasteiger partial charge >= 0.3 is 5.97 Å². The Morgan fingerprint density at radius 1 is 1.60 bits per heavy atom. The summed E-state index contributed by atoms with van der Waals surface area (Å²) in [6, 6.07) is 0. The van der Waals surface area contributed by atoms with E-state index in [2.05, 4.69) is 28.0 Å². The van der Waals surface area contributed by atoms with Gasteiger partial charge in [-0.25, -0.2) is 4.79 Å². The van der Waals surface area contributed by atoms with E-state index in [1.54, 1.807) is 17.8 Å². The maximum Gasteiger partial charge on any atom is 0.342 e. The van der Waals surface area contributed by atoms with Gasteiger partial charge < -0.3 is 4.74 Å². The van der Waals surface area contributed by atoms with Crippen LogP contribution in [0.3, 0.4) is 0 Å². The maximum atomic E-state index is 11.4. The summed E-state index contributed by atoms with van der Waals surface area (Å²) >= 11 is 3.25. The van der Waals surface area contributed by atoms with Crippen LogP contribution in [0.25, 0.3) is 0 Å². The zero-order valence-electron chi connectivity index (χ0n) is 8.99. The third kappa shape index (κ3) is 3.34. The fraction of sp³-hybridized carbons (Fsp3) is 0.600. The van der Waals surface area contributed by atoms with E-state index in [9.17, 15) is 4.79 Å². The van der Waals surface area contributed by atoms with Crippen LogP contribution in [-0.4, -0.2) is 22.4 Å². The number of hydrogen-bond acceptors (Lipinski definition) is 3. The number of rotatable bonds is 5. The number of aromatic nitrogens is 2. The first-order valence-corrected chi connectivity index (χ1v) is 5.88. The Labute approximate surface area is 97.7 Å². The molecule has 1 rings (SSSR count). The molecule has 0 aliphatic carbocycles. The van der Waals surface area contributed by atoms with Crippen LogP contribution in [0.15, 0.2) is 10.8 Å². The van der Waals surface area contributed by atoms with Gasteiger partial charge in [0.2, 0.25) is 0 Å². The second-order valence-corrected chi connectivity index (χ2v) is 3.92. The predicted molar refractivity (Wildman–Crippen MR) is 60.8 cm³/mol. The lowest BCUT2D eigenvalue weighted by Gasteiger charge is -1.98. The lowest BCUT2D eigenvalue weighted by molar-refractivity contribution is 0.0525. The summed E-state index contributed by atoms with van der Waals surface area (Å²) < 4.78 is 7.22. The second kappa shape index (κ2) is 5.90. The van der Waals surface area contributed by atoms with E-state index in [0.29, 0.717) is 16.8 Å². The lowest BCUT2D eigenvalue weighted by Crippen LogP contribution is -2.04. The Morgan fingerprint density at radius 3 is 2.93 bits per heavy atom. The number of aryl methyl sites for hydroxylation is 1. The zero-order valence-corrected chi connectivity index (χ0v) is 10.6. The summed E-state index contributed by atoms with van der Waals surface area (Å²) in [6.07, 6.45) is 3.88. The molecule has 4 nitrogen and oxygen atoms in total. The van der Waals surface area contributed by atoms with Crippen LogP contribution in [0.5, 0.6) is 0 Å². The monoisotopic (exact) mass is 274 g/mol. The highest BCUT2D eigenvalue weighted by atomic mass is 79.9. The normalized spacial score (nSPS) is 10.3. The van der Waals surface area contributed by atoms with Crippen molar-refractivity contribution >= 4 is 21.9 Å².